The minimum Gasteiger partial charge on any atom is -0.390 e. The molecule has 126 valence electrons. The molecule has 0 aliphatic carbocycles. The van der Waals surface area contributed by atoms with Crippen LogP contribution >= 0.6 is 0 Å². The SMILES string of the molecule is CCN(CC1CC(c2ccc(C)cc2)=NO1)C(=O)CC(C)(C)C. The number of oxime groups is 1. The van der Waals surface area contributed by atoms with Crippen LogP contribution in [0.2, 0.25) is 0 Å². The predicted octanol–water partition coefficient (Wildman–Crippen LogP) is 3.77. The third-order valence-corrected chi connectivity index (χ3v) is 3.96. The quantitative estimate of drug-likeness (QED) is 0.829. The molecule has 23 heavy (non-hydrogen) atoms. The van der Waals surface area contributed by atoms with Gasteiger partial charge in [-0.05, 0) is 24.8 Å². The topological polar surface area (TPSA) is 41.9 Å². The van der Waals surface area contributed by atoms with E-state index in [2.05, 4.69) is 57.1 Å². The molecular weight excluding hydrogens is 288 g/mol. The molecule has 4 nitrogen and oxygen atoms in total. The van der Waals surface area contributed by atoms with E-state index in [1.807, 2.05) is 11.8 Å². The van der Waals surface area contributed by atoms with Crippen LogP contribution in [0, 0.1) is 12.3 Å². The average Bonchev–Trinajstić information content (AvgIpc) is 2.92. The molecule has 1 aromatic rings. The number of benzene rings is 1. The van der Waals surface area contributed by atoms with E-state index in [0.29, 0.717) is 19.5 Å². The van der Waals surface area contributed by atoms with Gasteiger partial charge in [0, 0.05) is 19.4 Å². The van der Waals surface area contributed by atoms with E-state index in [9.17, 15) is 4.79 Å². The van der Waals surface area contributed by atoms with E-state index < -0.39 is 0 Å². The zero-order valence-corrected chi connectivity index (χ0v) is 14.9. The highest BCUT2D eigenvalue weighted by Gasteiger charge is 2.27. The number of rotatable bonds is 5. The second-order valence-electron chi connectivity index (χ2n) is 7.51. The number of nitrogens with zero attached hydrogens (tertiary/aromatic N) is 2. The van der Waals surface area contributed by atoms with Gasteiger partial charge in [-0.25, -0.2) is 0 Å². The van der Waals surface area contributed by atoms with Gasteiger partial charge in [0.15, 0.2) is 6.10 Å². The Morgan fingerprint density at radius 3 is 2.52 bits per heavy atom. The highest BCUT2D eigenvalue weighted by atomic mass is 16.6. The lowest BCUT2D eigenvalue weighted by atomic mass is 9.91. The van der Waals surface area contributed by atoms with Crippen molar-refractivity contribution < 1.29 is 9.63 Å². The number of aryl methyl sites for hydroxylation is 1. The van der Waals surface area contributed by atoms with Crippen molar-refractivity contribution >= 4 is 11.6 Å². The summed E-state index contributed by atoms with van der Waals surface area (Å²) in [6, 6.07) is 8.30. The Kier molecular flexibility index (Phi) is 5.45. The standard InChI is InChI=1S/C19H28N2O2/c1-6-21(18(22)12-19(3,4)5)13-16-11-17(20-23-16)15-9-7-14(2)8-10-15/h7-10,16H,6,11-13H2,1-5H3. The van der Waals surface area contributed by atoms with Crippen molar-refractivity contribution in [1.29, 1.82) is 0 Å². The van der Waals surface area contributed by atoms with E-state index in [1.54, 1.807) is 0 Å². The summed E-state index contributed by atoms with van der Waals surface area (Å²) in [7, 11) is 0. The first-order chi connectivity index (χ1) is 10.8. The second kappa shape index (κ2) is 7.16. The zero-order valence-electron chi connectivity index (χ0n) is 14.9. The van der Waals surface area contributed by atoms with Crippen molar-refractivity contribution in [3.8, 4) is 0 Å². The molecule has 1 heterocycles. The molecule has 4 heteroatoms. The van der Waals surface area contributed by atoms with Gasteiger partial charge in [-0.15, -0.1) is 0 Å². The molecule has 2 rings (SSSR count). The van der Waals surface area contributed by atoms with Gasteiger partial charge in [-0.3, -0.25) is 4.79 Å². The largest absolute Gasteiger partial charge is 0.390 e. The third-order valence-electron chi connectivity index (χ3n) is 3.96. The molecular formula is C19H28N2O2. The fourth-order valence-electron chi connectivity index (χ4n) is 2.66. The smallest absolute Gasteiger partial charge is 0.223 e. The Balaban J connectivity index is 1.92. The highest BCUT2D eigenvalue weighted by Crippen LogP contribution is 2.22. The first-order valence-electron chi connectivity index (χ1n) is 8.36. The molecule has 0 fully saturated rings. The first kappa shape index (κ1) is 17.5. The lowest BCUT2D eigenvalue weighted by molar-refractivity contribution is -0.134. The number of likely N-dealkylation sites (N-methyl/N-ethyl adjacent to an activating group) is 1. The summed E-state index contributed by atoms with van der Waals surface area (Å²) < 4.78 is 0. The first-order valence-corrected chi connectivity index (χ1v) is 8.36. The van der Waals surface area contributed by atoms with Crippen LogP contribution in [0.25, 0.3) is 0 Å². The molecule has 0 N–H and O–H groups in total. The molecule has 1 unspecified atom stereocenters. The van der Waals surface area contributed by atoms with Crippen LogP contribution in [0.3, 0.4) is 0 Å². The van der Waals surface area contributed by atoms with Crippen LogP contribution in [-0.2, 0) is 9.63 Å². The van der Waals surface area contributed by atoms with Crippen molar-refractivity contribution in [2.24, 2.45) is 10.6 Å². The molecule has 1 aromatic carbocycles. The summed E-state index contributed by atoms with van der Waals surface area (Å²) >= 11 is 0. The number of carbonyl (C=O) groups is 1. The Labute approximate surface area is 139 Å². The van der Waals surface area contributed by atoms with Crippen molar-refractivity contribution in [3.05, 3.63) is 35.4 Å². The minimum atomic E-state index is -0.0461. The van der Waals surface area contributed by atoms with Gasteiger partial charge in [-0.2, -0.15) is 0 Å². The summed E-state index contributed by atoms with van der Waals surface area (Å²) in [5, 5.41) is 4.22. The van der Waals surface area contributed by atoms with E-state index in [-0.39, 0.29) is 17.4 Å². The monoisotopic (exact) mass is 316 g/mol. The summed E-state index contributed by atoms with van der Waals surface area (Å²) in [4.78, 5) is 19.8. The van der Waals surface area contributed by atoms with Crippen LogP contribution in [-0.4, -0.2) is 35.7 Å². The summed E-state index contributed by atoms with van der Waals surface area (Å²) in [6.45, 7) is 11.6. The molecule has 1 amide bonds. The molecule has 0 saturated heterocycles. The molecule has 0 saturated carbocycles. The maximum absolute atomic E-state index is 12.4. The van der Waals surface area contributed by atoms with Crippen molar-refractivity contribution in [2.45, 2.75) is 53.6 Å². The lowest BCUT2D eigenvalue weighted by Gasteiger charge is -2.27. The molecule has 1 atom stereocenters. The molecule has 0 spiro atoms. The molecule has 0 radical (unpaired) electrons. The Hall–Kier alpha value is -1.84. The highest BCUT2D eigenvalue weighted by molar-refractivity contribution is 6.01. The second-order valence-corrected chi connectivity index (χ2v) is 7.51. The van der Waals surface area contributed by atoms with Gasteiger partial charge < -0.3 is 9.74 Å². The third kappa shape index (κ3) is 5.08. The van der Waals surface area contributed by atoms with Crippen LogP contribution in [0.4, 0.5) is 0 Å². The fourth-order valence-corrected chi connectivity index (χ4v) is 2.66. The molecule has 1 aliphatic rings. The van der Waals surface area contributed by atoms with Gasteiger partial charge in [0.2, 0.25) is 5.91 Å². The average molecular weight is 316 g/mol. The van der Waals surface area contributed by atoms with Crippen molar-refractivity contribution in [1.82, 2.24) is 4.90 Å². The van der Waals surface area contributed by atoms with Crippen LogP contribution in [0.1, 0.15) is 51.7 Å². The zero-order chi connectivity index (χ0) is 17.0. The van der Waals surface area contributed by atoms with Gasteiger partial charge in [0.05, 0.1) is 12.3 Å². The lowest BCUT2D eigenvalue weighted by Crippen LogP contribution is -2.39. The maximum atomic E-state index is 12.4. The van der Waals surface area contributed by atoms with E-state index in [0.717, 1.165) is 17.7 Å². The maximum Gasteiger partial charge on any atom is 0.223 e. The number of hydrogen-bond acceptors (Lipinski definition) is 3. The van der Waals surface area contributed by atoms with Gasteiger partial charge in [-0.1, -0.05) is 55.8 Å². The Morgan fingerprint density at radius 1 is 1.30 bits per heavy atom. The van der Waals surface area contributed by atoms with Gasteiger partial charge in [0.1, 0.15) is 0 Å². The van der Waals surface area contributed by atoms with Crippen LogP contribution in [0.15, 0.2) is 29.4 Å². The summed E-state index contributed by atoms with van der Waals surface area (Å²) in [5.41, 5.74) is 3.30. The van der Waals surface area contributed by atoms with Crippen LogP contribution < -0.4 is 0 Å². The number of carbonyl (C=O) groups excluding carboxylic acids is 1. The van der Waals surface area contributed by atoms with E-state index >= 15 is 0 Å². The molecule has 0 aromatic heterocycles. The predicted molar refractivity (Wildman–Crippen MR) is 93.5 cm³/mol. The van der Waals surface area contributed by atoms with E-state index in [4.69, 9.17) is 4.84 Å². The van der Waals surface area contributed by atoms with Gasteiger partial charge >= 0.3 is 0 Å². The van der Waals surface area contributed by atoms with Gasteiger partial charge in [0.25, 0.3) is 0 Å². The van der Waals surface area contributed by atoms with Crippen LogP contribution in [0.5, 0.6) is 0 Å². The number of hydrogen-bond donors (Lipinski definition) is 0. The Bertz CT molecular complexity index is 570. The molecule has 1 aliphatic heterocycles. The molecule has 0 bridgehead atoms. The summed E-state index contributed by atoms with van der Waals surface area (Å²) in [5.74, 6) is 0.187. The summed E-state index contributed by atoms with van der Waals surface area (Å²) in [6.07, 6.45) is 1.26. The van der Waals surface area contributed by atoms with Crippen molar-refractivity contribution in [3.63, 3.8) is 0 Å². The van der Waals surface area contributed by atoms with E-state index in [1.165, 1.54) is 5.56 Å². The normalized spacial score (nSPS) is 17.6. The minimum absolute atomic E-state index is 0.00456. The van der Waals surface area contributed by atoms with Crippen molar-refractivity contribution in [2.75, 3.05) is 13.1 Å². The number of amides is 1. The fraction of sp³-hybridized carbons (Fsp3) is 0.579. The Morgan fingerprint density at radius 2 is 1.96 bits per heavy atom.